The van der Waals surface area contributed by atoms with E-state index in [9.17, 15) is 10.1 Å². The van der Waals surface area contributed by atoms with Gasteiger partial charge < -0.3 is 10.2 Å². The topological polar surface area (TPSA) is 97.1 Å². The number of halogens is 1. The number of anilines is 4. The molecule has 0 aliphatic rings. The van der Waals surface area contributed by atoms with Crippen LogP contribution in [0.4, 0.5) is 28.8 Å². The van der Waals surface area contributed by atoms with E-state index >= 15 is 0 Å². The third-order valence-corrected chi connectivity index (χ3v) is 3.67. The van der Waals surface area contributed by atoms with Crippen LogP contribution in [0.2, 0.25) is 5.02 Å². The molecule has 2 heterocycles. The molecule has 25 heavy (non-hydrogen) atoms. The lowest BCUT2D eigenvalue weighted by molar-refractivity contribution is -0.384. The molecule has 0 bridgehead atoms. The molecule has 0 amide bonds. The minimum Gasteiger partial charge on any atom is -0.324 e. The largest absolute Gasteiger partial charge is 0.330 e. The van der Waals surface area contributed by atoms with E-state index < -0.39 is 4.92 Å². The molecule has 9 heteroatoms. The van der Waals surface area contributed by atoms with Crippen LogP contribution in [0.3, 0.4) is 0 Å². The highest BCUT2D eigenvalue weighted by Gasteiger charge is 2.21. The summed E-state index contributed by atoms with van der Waals surface area (Å²) in [5.74, 6) is 0.409. The first-order valence-electron chi connectivity index (χ1n) is 7.22. The Morgan fingerprint density at radius 2 is 1.84 bits per heavy atom. The van der Waals surface area contributed by atoms with Gasteiger partial charge in [0.05, 0.1) is 4.92 Å². The van der Waals surface area contributed by atoms with Crippen molar-refractivity contribution < 1.29 is 4.92 Å². The van der Waals surface area contributed by atoms with Crippen molar-refractivity contribution in [1.82, 2.24) is 15.0 Å². The van der Waals surface area contributed by atoms with Crippen LogP contribution in [0.1, 0.15) is 0 Å². The molecule has 0 aliphatic carbocycles. The molecule has 1 N–H and O–H groups in total. The van der Waals surface area contributed by atoms with Gasteiger partial charge in [0.2, 0.25) is 11.8 Å². The summed E-state index contributed by atoms with van der Waals surface area (Å²) >= 11 is 5.86. The second-order valence-electron chi connectivity index (χ2n) is 5.06. The molecular weight excluding hydrogens is 344 g/mol. The van der Waals surface area contributed by atoms with Crippen LogP contribution < -0.4 is 10.2 Å². The Morgan fingerprint density at radius 1 is 1.16 bits per heavy atom. The number of hydrogen-bond donors (Lipinski definition) is 1. The summed E-state index contributed by atoms with van der Waals surface area (Å²) in [6, 6.07) is 10.4. The molecule has 0 saturated carbocycles. The van der Waals surface area contributed by atoms with E-state index in [-0.39, 0.29) is 17.5 Å². The summed E-state index contributed by atoms with van der Waals surface area (Å²) in [7, 11) is 1.69. The van der Waals surface area contributed by atoms with E-state index in [1.54, 1.807) is 60.7 Å². The number of aromatic nitrogens is 3. The maximum Gasteiger partial charge on any atom is 0.330 e. The van der Waals surface area contributed by atoms with Gasteiger partial charge in [0.15, 0.2) is 0 Å². The molecule has 3 rings (SSSR count). The highest BCUT2D eigenvalue weighted by atomic mass is 35.5. The van der Waals surface area contributed by atoms with Gasteiger partial charge in [-0.3, -0.25) is 15.1 Å². The van der Waals surface area contributed by atoms with Crippen molar-refractivity contribution in [3.05, 3.63) is 70.1 Å². The van der Waals surface area contributed by atoms with Gasteiger partial charge in [0.1, 0.15) is 6.20 Å². The quantitative estimate of drug-likeness (QED) is 0.546. The summed E-state index contributed by atoms with van der Waals surface area (Å²) in [6.07, 6.45) is 4.38. The van der Waals surface area contributed by atoms with Crippen molar-refractivity contribution in [2.45, 2.75) is 0 Å². The summed E-state index contributed by atoms with van der Waals surface area (Å²) in [4.78, 5) is 24.7. The predicted octanol–water partition coefficient (Wildman–Crippen LogP) is 3.94. The molecule has 1 aromatic carbocycles. The fourth-order valence-electron chi connectivity index (χ4n) is 2.15. The number of hydrogen-bond acceptors (Lipinski definition) is 7. The SMILES string of the molecule is CN(c1ccncc1)c1nc(Nc2ccc(Cl)cc2)ncc1[N+](=O)[O-]. The van der Waals surface area contributed by atoms with E-state index in [0.29, 0.717) is 10.7 Å². The van der Waals surface area contributed by atoms with E-state index in [0.717, 1.165) is 5.69 Å². The molecule has 0 atom stereocenters. The molecule has 3 aromatic rings. The lowest BCUT2D eigenvalue weighted by atomic mass is 10.3. The number of nitrogens with one attached hydrogen (secondary N) is 1. The molecule has 0 unspecified atom stereocenters. The van der Waals surface area contributed by atoms with Gasteiger partial charge in [0.25, 0.3) is 0 Å². The highest BCUT2D eigenvalue weighted by Crippen LogP contribution is 2.31. The fraction of sp³-hybridized carbons (Fsp3) is 0.0625. The summed E-state index contributed by atoms with van der Waals surface area (Å²) in [5, 5.41) is 14.9. The predicted molar refractivity (Wildman–Crippen MR) is 95.7 cm³/mol. The number of benzene rings is 1. The van der Waals surface area contributed by atoms with Gasteiger partial charge in [-0.25, -0.2) is 4.98 Å². The zero-order valence-corrected chi connectivity index (χ0v) is 13.9. The summed E-state index contributed by atoms with van der Waals surface area (Å²) in [6.45, 7) is 0. The fourth-order valence-corrected chi connectivity index (χ4v) is 2.28. The van der Waals surface area contributed by atoms with Crippen molar-refractivity contribution in [3.63, 3.8) is 0 Å². The van der Waals surface area contributed by atoms with E-state index in [4.69, 9.17) is 11.6 Å². The van der Waals surface area contributed by atoms with E-state index in [1.165, 1.54) is 6.20 Å². The van der Waals surface area contributed by atoms with Crippen LogP contribution in [-0.2, 0) is 0 Å². The van der Waals surface area contributed by atoms with E-state index in [2.05, 4.69) is 20.3 Å². The summed E-state index contributed by atoms with van der Waals surface area (Å²) in [5.41, 5.74) is 1.24. The Balaban J connectivity index is 1.97. The van der Waals surface area contributed by atoms with Crippen LogP contribution >= 0.6 is 11.6 Å². The Kier molecular flexibility index (Phi) is 4.71. The number of rotatable bonds is 5. The van der Waals surface area contributed by atoms with Crippen LogP contribution in [0.5, 0.6) is 0 Å². The first kappa shape index (κ1) is 16.6. The molecular formula is C16H13ClN6O2. The third kappa shape index (κ3) is 3.81. The average molecular weight is 357 g/mol. The van der Waals surface area contributed by atoms with Crippen molar-refractivity contribution in [3.8, 4) is 0 Å². The number of pyridine rings is 1. The standard InChI is InChI=1S/C16H13ClN6O2/c1-22(13-6-8-18-9-7-13)15-14(23(24)25)10-19-16(21-15)20-12-4-2-11(17)3-5-12/h2-10H,1H3,(H,19,20,21). The van der Waals surface area contributed by atoms with Gasteiger partial charge >= 0.3 is 5.69 Å². The number of nitro groups is 1. The van der Waals surface area contributed by atoms with Gasteiger partial charge in [0, 0.05) is 35.8 Å². The molecule has 0 spiro atoms. The highest BCUT2D eigenvalue weighted by molar-refractivity contribution is 6.30. The van der Waals surface area contributed by atoms with Gasteiger partial charge in [-0.2, -0.15) is 4.98 Å². The summed E-state index contributed by atoms with van der Waals surface area (Å²) < 4.78 is 0. The maximum atomic E-state index is 11.3. The first-order chi connectivity index (χ1) is 12.0. The Labute approximate surface area is 148 Å². The second kappa shape index (κ2) is 7.10. The van der Waals surface area contributed by atoms with Crippen molar-refractivity contribution in [2.24, 2.45) is 0 Å². The van der Waals surface area contributed by atoms with Gasteiger partial charge in [-0.15, -0.1) is 0 Å². The molecule has 126 valence electrons. The van der Waals surface area contributed by atoms with Crippen LogP contribution in [0.25, 0.3) is 0 Å². The van der Waals surface area contributed by atoms with Crippen molar-refractivity contribution in [2.75, 3.05) is 17.3 Å². The van der Waals surface area contributed by atoms with Gasteiger partial charge in [-0.1, -0.05) is 11.6 Å². The third-order valence-electron chi connectivity index (χ3n) is 3.41. The van der Waals surface area contributed by atoms with E-state index in [1.807, 2.05) is 0 Å². The first-order valence-corrected chi connectivity index (χ1v) is 7.60. The lowest BCUT2D eigenvalue weighted by Gasteiger charge is -2.18. The van der Waals surface area contributed by atoms with Crippen molar-refractivity contribution in [1.29, 1.82) is 0 Å². The normalized spacial score (nSPS) is 10.3. The zero-order valence-electron chi connectivity index (χ0n) is 13.1. The Hall–Kier alpha value is -3.26. The van der Waals surface area contributed by atoms with Gasteiger partial charge in [-0.05, 0) is 36.4 Å². The van der Waals surface area contributed by atoms with Crippen molar-refractivity contribution >= 4 is 40.4 Å². The minimum absolute atomic E-state index is 0.169. The van der Waals surface area contributed by atoms with Crippen LogP contribution in [-0.4, -0.2) is 26.9 Å². The smallest absolute Gasteiger partial charge is 0.324 e. The second-order valence-corrected chi connectivity index (χ2v) is 5.49. The molecule has 0 fully saturated rings. The molecule has 0 saturated heterocycles. The minimum atomic E-state index is -0.515. The lowest BCUT2D eigenvalue weighted by Crippen LogP contribution is -2.14. The maximum absolute atomic E-state index is 11.3. The number of nitrogens with zero attached hydrogens (tertiary/aromatic N) is 5. The average Bonchev–Trinajstić information content (AvgIpc) is 2.63. The zero-order chi connectivity index (χ0) is 17.8. The molecule has 0 radical (unpaired) electrons. The van der Waals surface area contributed by atoms with Crippen LogP contribution in [0, 0.1) is 10.1 Å². The Bertz CT molecular complexity index is 889. The van der Waals surface area contributed by atoms with Crippen LogP contribution in [0.15, 0.2) is 55.0 Å². The molecule has 2 aromatic heterocycles. The molecule has 0 aliphatic heterocycles. The monoisotopic (exact) mass is 356 g/mol. The Morgan fingerprint density at radius 3 is 2.48 bits per heavy atom. The molecule has 8 nitrogen and oxygen atoms in total.